The maximum Gasteiger partial charge on any atom is 0.252 e. The normalized spacial score (nSPS) is 15.4. The van der Waals surface area contributed by atoms with Crippen molar-refractivity contribution in [2.24, 2.45) is 5.92 Å². The molecule has 1 saturated heterocycles. The number of nitrogens with zero attached hydrogens (tertiary/aromatic N) is 5. The van der Waals surface area contributed by atoms with Crippen LogP contribution in [0.3, 0.4) is 0 Å². The first-order chi connectivity index (χ1) is 18.5. The van der Waals surface area contributed by atoms with Gasteiger partial charge < -0.3 is 0 Å². The molecule has 8 nitrogen and oxygen atoms in total. The maximum atomic E-state index is 14.0. The van der Waals surface area contributed by atoms with Crippen LogP contribution in [-0.4, -0.2) is 53.0 Å². The van der Waals surface area contributed by atoms with E-state index in [2.05, 4.69) is 25.0 Å². The average molecular weight is 606 g/mol. The molecule has 0 saturated carbocycles. The van der Waals surface area contributed by atoms with Gasteiger partial charge in [0.25, 0.3) is 10.0 Å². The molecule has 3 aromatic heterocycles. The summed E-state index contributed by atoms with van der Waals surface area (Å²) in [5, 5.41) is 5.25. The predicted molar refractivity (Wildman–Crippen MR) is 159 cm³/mol. The van der Waals surface area contributed by atoms with Crippen LogP contribution in [0.5, 0.6) is 0 Å². The van der Waals surface area contributed by atoms with E-state index in [9.17, 15) is 13.2 Å². The summed E-state index contributed by atoms with van der Waals surface area (Å²) in [6.45, 7) is 9.81. The molecular formula is C27H32ClN5O3S3. The number of anilines is 1. The zero-order chi connectivity index (χ0) is 27.9. The molecule has 1 aliphatic rings. The lowest BCUT2D eigenvalue weighted by Crippen LogP contribution is -2.45. The lowest BCUT2D eigenvalue weighted by molar-refractivity contribution is -0.123. The quantitative estimate of drug-likeness (QED) is 0.243. The molecule has 12 heteroatoms. The number of benzene rings is 1. The number of piperidine rings is 1. The molecule has 1 amide bonds. The molecule has 1 aromatic carbocycles. The first-order valence-electron chi connectivity index (χ1n) is 13.0. The molecule has 1 aliphatic heterocycles. The van der Waals surface area contributed by atoms with Gasteiger partial charge in [-0.25, -0.2) is 13.4 Å². The Morgan fingerprint density at radius 3 is 2.51 bits per heavy atom. The van der Waals surface area contributed by atoms with Gasteiger partial charge in [0, 0.05) is 31.2 Å². The summed E-state index contributed by atoms with van der Waals surface area (Å²) in [6.07, 6.45) is 0.908. The molecule has 1 fully saturated rings. The van der Waals surface area contributed by atoms with Gasteiger partial charge in [-0.2, -0.15) is 9.40 Å². The van der Waals surface area contributed by atoms with Gasteiger partial charge in [-0.15, -0.1) is 11.3 Å². The summed E-state index contributed by atoms with van der Waals surface area (Å²) < 4.78 is 31.3. The summed E-state index contributed by atoms with van der Waals surface area (Å²) in [4.78, 5) is 20.8. The highest BCUT2D eigenvalue weighted by atomic mass is 35.5. The molecule has 5 rings (SSSR count). The smallest absolute Gasteiger partial charge is 0.252 e. The second kappa shape index (κ2) is 11.3. The minimum atomic E-state index is -3.62. The van der Waals surface area contributed by atoms with Crippen LogP contribution in [0.1, 0.15) is 49.6 Å². The molecule has 4 heterocycles. The number of amides is 1. The molecule has 0 unspecified atom stereocenters. The van der Waals surface area contributed by atoms with Crippen LogP contribution in [0.15, 0.2) is 40.6 Å². The third-order valence-corrected chi connectivity index (χ3v) is 11.8. The number of hydrogen-bond donors (Lipinski definition) is 0. The standard InChI is InChI=1S/C27H32ClN5O3S3/c1-17(2)21-6-5-7-22-25(21)29-27(37-22)32(14-15-33-19(4)16-18(3)30-33)26(34)20-10-12-31(13-11-20)39(35,36)24-9-8-23(28)38-24/h5-9,16-17,20H,10-15H2,1-4H3. The average Bonchev–Trinajstić information content (AvgIpc) is 3.62. The lowest BCUT2D eigenvalue weighted by atomic mass is 9.96. The van der Waals surface area contributed by atoms with Crippen molar-refractivity contribution >= 4 is 65.6 Å². The molecule has 0 radical (unpaired) electrons. The molecule has 0 aliphatic carbocycles. The highest BCUT2D eigenvalue weighted by molar-refractivity contribution is 7.91. The van der Waals surface area contributed by atoms with Gasteiger partial charge >= 0.3 is 0 Å². The van der Waals surface area contributed by atoms with Gasteiger partial charge in [0.05, 0.1) is 26.8 Å². The Morgan fingerprint density at radius 1 is 1.15 bits per heavy atom. The summed E-state index contributed by atoms with van der Waals surface area (Å²) in [5.74, 6) is 0.00492. The zero-order valence-corrected chi connectivity index (χ0v) is 25.6. The van der Waals surface area contributed by atoms with Crippen LogP contribution in [0.25, 0.3) is 10.2 Å². The van der Waals surface area contributed by atoms with Crippen molar-refractivity contribution in [3.05, 3.63) is 57.7 Å². The molecule has 208 valence electrons. The fourth-order valence-corrected chi connectivity index (χ4v) is 9.20. The highest BCUT2D eigenvalue weighted by Gasteiger charge is 2.35. The second-order valence-electron chi connectivity index (χ2n) is 10.2. The first-order valence-corrected chi connectivity index (χ1v) is 16.5. The lowest BCUT2D eigenvalue weighted by Gasteiger charge is -2.32. The number of rotatable bonds is 8. The van der Waals surface area contributed by atoms with Crippen LogP contribution in [0.2, 0.25) is 4.34 Å². The van der Waals surface area contributed by atoms with Gasteiger partial charge in [0.2, 0.25) is 5.91 Å². The van der Waals surface area contributed by atoms with Crippen molar-refractivity contribution in [2.75, 3.05) is 24.5 Å². The number of aromatic nitrogens is 3. The molecule has 39 heavy (non-hydrogen) atoms. The van der Waals surface area contributed by atoms with E-state index in [-0.39, 0.29) is 29.1 Å². The molecule has 0 bridgehead atoms. The van der Waals surface area contributed by atoms with Crippen LogP contribution in [0.4, 0.5) is 5.13 Å². The number of carbonyl (C=O) groups excluding carboxylic acids is 1. The molecule has 0 N–H and O–H groups in total. The monoisotopic (exact) mass is 605 g/mol. The Kier molecular flexibility index (Phi) is 8.17. The van der Waals surface area contributed by atoms with Crippen LogP contribution < -0.4 is 4.90 Å². The van der Waals surface area contributed by atoms with Crippen molar-refractivity contribution in [3.8, 4) is 0 Å². The van der Waals surface area contributed by atoms with E-state index in [1.54, 1.807) is 17.0 Å². The Hall–Kier alpha value is -2.31. The number of fused-ring (bicyclic) bond motifs is 1. The number of thiophene rings is 1. The van der Waals surface area contributed by atoms with E-state index >= 15 is 0 Å². The second-order valence-corrected chi connectivity index (χ2v) is 15.1. The van der Waals surface area contributed by atoms with E-state index in [1.165, 1.54) is 15.6 Å². The Morgan fingerprint density at radius 2 is 1.90 bits per heavy atom. The molecule has 0 atom stereocenters. The maximum absolute atomic E-state index is 14.0. The molecule has 0 spiro atoms. The van der Waals surface area contributed by atoms with Crippen molar-refractivity contribution in [1.82, 2.24) is 19.1 Å². The Balaban J connectivity index is 1.39. The number of halogens is 1. The van der Waals surface area contributed by atoms with Crippen LogP contribution in [0, 0.1) is 19.8 Å². The third-order valence-electron chi connectivity index (χ3n) is 7.14. The highest BCUT2D eigenvalue weighted by Crippen LogP contribution is 2.36. The number of para-hydroxylation sites is 1. The zero-order valence-electron chi connectivity index (χ0n) is 22.4. The SMILES string of the molecule is Cc1cc(C)n(CCN(C(=O)C2CCN(S(=O)(=O)c3ccc(Cl)s3)CC2)c2nc3c(C(C)C)cccc3s2)n1. The molecule has 4 aromatic rings. The van der Waals surface area contributed by atoms with E-state index in [0.29, 0.717) is 41.3 Å². The van der Waals surface area contributed by atoms with Crippen LogP contribution >= 0.6 is 34.3 Å². The van der Waals surface area contributed by atoms with Crippen molar-refractivity contribution in [1.29, 1.82) is 0 Å². The minimum absolute atomic E-state index is 0.0158. The van der Waals surface area contributed by atoms with E-state index in [4.69, 9.17) is 16.6 Å². The van der Waals surface area contributed by atoms with E-state index < -0.39 is 10.0 Å². The summed E-state index contributed by atoms with van der Waals surface area (Å²) in [6, 6.07) is 11.3. The topological polar surface area (TPSA) is 88.4 Å². The Labute approximate surface area is 242 Å². The number of carbonyl (C=O) groups is 1. The van der Waals surface area contributed by atoms with Gasteiger partial charge in [-0.05, 0) is 62.4 Å². The molecular weight excluding hydrogens is 574 g/mol. The number of aryl methyl sites for hydroxylation is 2. The van der Waals surface area contributed by atoms with Crippen molar-refractivity contribution < 1.29 is 13.2 Å². The minimum Gasteiger partial charge on any atom is -0.286 e. The van der Waals surface area contributed by atoms with E-state index in [1.807, 2.05) is 36.7 Å². The van der Waals surface area contributed by atoms with Crippen molar-refractivity contribution in [2.45, 2.75) is 57.2 Å². The fourth-order valence-electron chi connectivity index (χ4n) is 5.06. The largest absolute Gasteiger partial charge is 0.286 e. The fraction of sp³-hybridized carbons (Fsp3) is 0.444. The summed E-state index contributed by atoms with van der Waals surface area (Å²) >= 11 is 8.56. The van der Waals surface area contributed by atoms with Gasteiger partial charge in [-0.1, -0.05) is 48.9 Å². The Bertz CT molecular complexity index is 1600. The van der Waals surface area contributed by atoms with Crippen LogP contribution in [-0.2, 0) is 21.4 Å². The number of sulfonamides is 1. The van der Waals surface area contributed by atoms with Gasteiger partial charge in [-0.3, -0.25) is 14.4 Å². The number of thiazole rings is 1. The third kappa shape index (κ3) is 5.78. The van der Waals surface area contributed by atoms with Gasteiger partial charge in [0.1, 0.15) is 4.21 Å². The summed E-state index contributed by atoms with van der Waals surface area (Å²) in [7, 11) is -3.62. The van der Waals surface area contributed by atoms with E-state index in [0.717, 1.165) is 38.5 Å². The number of hydrogen-bond acceptors (Lipinski definition) is 7. The predicted octanol–water partition coefficient (Wildman–Crippen LogP) is 6.08. The van der Waals surface area contributed by atoms with Crippen molar-refractivity contribution in [3.63, 3.8) is 0 Å². The van der Waals surface area contributed by atoms with Gasteiger partial charge in [0.15, 0.2) is 5.13 Å². The first kappa shape index (κ1) is 28.2. The summed E-state index contributed by atoms with van der Waals surface area (Å²) in [5.41, 5.74) is 4.08.